The molecule has 2 atom stereocenters. The first kappa shape index (κ1) is 13.3. The summed E-state index contributed by atoms with van der Waals surface area (Å²) in [5.41, 5.74) is 0. The predicted molar refractivity (Wildman–Crippen MR) is 70.3 cm³/mol. The normalized spacial score (nSPS) is 28.4. The van der Waals surface area contributed by atoms with Crippen LogP contribution in [-0.4, -0.2) is 63.4 Å². The second-order valence-electron chi connectivity index (χ2n) is 5.45. The minimum atomic E-state index is 0.474. The van der Waals surface area contributed by atoms with Crippen molar-refractivity contribution in [2.75, 3.05) is 52.4 Å². The van der Waals surface area contributed by atoms with Gasteiger partial charge in [-0.15, -0.1) is 0 Å². The maximum atomic E-state index is 5.60. The van der Waals surface area contributed by atoms with Gasteiger partial charge in [0.15, 0.2) is 0 Å². The molecule has 4 heteroatoms. The molecule has 0 amide bonds. The third-order valence-electron chi connectivity index (χ3n) is 3.67. The summed E-state index contributed by atoms with van der Waals surface area (Å²) in [6, 6.07) is 0. The number of nitrogens with zero attached hydrogens (tertiary/aromatic N) is 1. The van der Waals surface area contributed by atoms with E-state index in [0.717, 1.165) is 38.7 Å². The van der Waals surface area contributed by atoms with Crippen LogP contribution in [0.5, 0.6) is 0 Å². The smallest absolute Gasteiger partial charge is 0.0700 e. The second kappa shape index (κ2) is 7.31. The van der Waals surface area contributed by atoms with Crippen molar-refractivity contribution in [1.29, 1.82) is 0 Å². The molecule has 2 aliphatic heterocycles. The average molecular weight is 241 g/mol. The van der Waals surface area contributed by atoms with Gasteiger partial charge in [-0.25, -0.2) is 0 Å². The summed E-state index contributed by atoms with van der Waals surface area (Å²) in [6.45, 7) is 11.4. The Labute approximate surface area is 105 Å². The van der Waals surface area contributed by atoms with Crippen LogP contribution in [-0.2, 0) is 4.74 Å². The Morgan fingerprint density at radius 1 is 1.41 bits per heavy atom. The summed E-state index contributed by atoms with van der Waals surface area (Å²) in [5.74, 6) is 0.731. The van der Waals surface area contributed by atoms with Crippen molar-refractivity contribution in [3.63, 3.8) is 0 Å². The lowest BCUT2D eigenvalue weighted by Crippen LogP contribution is -2.46. The SMILES string of the molecule is CC(CNCC1CCCO1)CN1CCNCC1. The van der Waals surface area contributed by atoms with E-state index < -0.39 is 0 Å². The first-order valence-corrected chi connectivity index (χ1v) is 7.10. The molecule has 0 aromatic heterocycles. The van der Waals surface area contributed by atoms with Gasteiger partial charge in [0.25, 0.3) is 0 Å². The van der Waals surface area contributed by atoms with Crippen molar-refractivity contribution < 1.29 is 4.74 Å². The van der Waals surface area contributed by atoms with Crippen molar-refractivity contribution >= 4 is 0 Å². The van der Waals surface area contributed by atoms with E-state index >= 15 is 0 Å². The average Bonchev–Trinajstić information content (AvgIpc) is 2.83. The topological polar surface area (TPSA) is 36.5 Å². The first-order valence-electron chi connectivity index (χ1n) is 7.10. The minimum Gasteiger partial charge on any atom is -0.377 e. The summed E-state index contributed by atoms with van der Waals surface area (Å²) in [6.07, 6.45) is 2.95. The van der Waals surface area contributed by atoms with Gasteiger partial charge in [0.2, 0.25) is 0 Å². The Hall–Kier alpha value is -0.160. The number of nitrogens with one attached hydrogen (secondary N) is 2. The van der Waals surface area contributed by atoms with Gasteiger partial charge in [0.05, 0.1) is 6.10 Å². The highest BCUT2D eigenvalue weighted by molar-refractivity contribution is 4.72. The molecule has 0 spiro atoms. The van der Waals surface area contributed by atoms with Crippen molar-refractivity contribution in [1.82, 2.24) is 15.5 Å². The van der Waals surface area contributed by atoms with Crippen LogP contribution in [0.1, 0.15) is 19.8 Å². The van der Waals surface area contributed by atoms with Gasteiger partial charge in [0.1, 0.15) is 0 Å². The molecular weight excluding hydrogens is 214 g/mol. The van der Waals surface area contributed by atoms with Gasteiger partial charge in [0, 0.05) is 45.9 Å². The van der Waals surface area contributed by atoms with Gasteiger partial charge >= 0.3 is 0 Å². The zero-order valence-corrected chi connectivity index (χ0v) is 11.1. The van der Waals surface area contributed by atoms with E-state index in [-0.39, 0.29) is 0 Å². The van der Waals surface area contributed by atoms with Gasteiger partial charge in [-0.1, -0.05) is 6.92 Å². The van der Waals surface area contributed by atoms with E-state index in [0.29, 0.717) is 6.10 Å². The Balaban J connectivity index is 1.52. The van der Waals surface area contributed by atoms with Crippen LogP contribution in [0.25, 0.3) is 0 Å². The molecule has 17 heavy (non-hydrogen) atoms. The fourth-order valence-electron chi connectivity index (χ4n) is 2.70. The third-order valence-corrected chi connectivity index (χ3v) is 3.67. The maximum absolute atomic E-state index is 5.60. The van der Waals surface area contributed by atoms with Crippen LogP contribution in [0.4, 0.5) is 0 Å². The molecule has 2 heterocycles. The first-order chi connectivity index (χ1) is 8.34. The number of hydrogen-bond acceptors (Lipinski definition) is 4. The summed E-state index contributed by atoms with van der Waals surface area (Å²) >= 11 is 0. The Morgan fingerprint density at radius 2 is 2.24 bits per heavy atom. The zero-order chi connectivity index (χ0) is 11.9. The molecule has 0 bridgehead atoms. The molecule has 4 nitrogen and oxygen atoms in total. The molecule has 0 radical (unpaired) electrons. The quantitative estimate of drug-likeness (QED) is 0.701. The highest BCUT2D eigenvalue weighted by atomic mass is 16.5. The largest absolute Gasteiger partial charge is 0.377 e. The van der Waals surface area contributed by atoms with E-state index in [1.54, 1.807) is 0 Å². The van der Waals surface area contributed by atoms with Gasteiger partial charge < -0.3 is 20.3 Å². The lowest BCUT2D eigenvalue weighted by molar-refractivity contribution is 0.108. The third kappa shape index (κ3) is 4.92. The summed E-state index contributed by atoms with van der Waals surface area (Å²) in [5, 5.41) is 6.94. The van der Waals surface area contributed by atoms with E-state index in [2.05, 4.69) is 22.5 Å². The van der Waals surface area contributed by atoms with E-state index in [9.17, 15) is 0 Å². The van der Waals surface area contributed by atoms with Crippen LogP contribution in [0.15, 0.2) is 0 Å². The van der Waals surface area contributed by atoms with E-state index in [1.165, 1.54) is 32.5 Å². The molecule has 2 aliphatic rings. The standard InChI is InChI=1S/C13H27N3O/c1-12(11-16-6-4-14-5-7-16)9-15-10-13-3-2-8-17-13/h12-15H,2-11H2,1H3. The number of piperazine rings is 1. The van der Waals surface area contributed by atoms with Gasteiger partial charge in [-0.05, 0) is 25.3 Å². The van der Waals surface area contributed by atoms with E-state index in [4.69, 9.17) is 4.74 Å². The molecule has 2 rings (SSSR count). The number of hydrogen-bond donors (Lipinski definition) is 2. The zero-order valence-electron chi connectivity index (χ0n) is 11.1. The highest BCUT2D eigenvalue weighted by Crippen LogP contribution is 2.10. The molecule has 2 fully saturated rings. The molecule has 2 unspecified atom stereocenters. The summed E-state index contributed by atoms with van der Waals surface area (Å²) in [4.78, 5) is 2.56. The molecular formula is C13H27N3O. The lowest BCUT2D eigenvalue weighted by Gasteiger charge is -2.29. The highest BCUT2D eigenvalue weighted by Gasteiger charge is 2.16. The van der Waals surface area contributed by atoms with Crippen LogP contribution in [0.3, 0.4) is 0 Å². The molecule has 0 aromatic rings. The van der Waals surface area contributed by atoms with Crippen molar-refractivity contribution in [3.8, 4) is 0 Å². The van der Waals surface area contributed by atoms with Crippen molar-refractivity contribution in [2.45, 2.75) is 25.9 Å². The second-order valence-corrected chi connectivity index (χ2v) is 5.45. The van der Waals surface area contributed by atoms with Crippen LogP contribution < -0.4 is 10.6 Å². The molecule has 100 valence electrons. The summed E-state index contributed by atoms with van der Waals surface area (Å²) < 4.78 is 5.60. The molecule has 2 N–H and O–H groups in total. The lowest BCUT2D eigenvalue weighted by atomic mass is 10.1. The molecule has 0 aliphatic carbocycles. The van der Waals surface area contributed by atoms with Crippen LogP contribution in [0.2, 0.25) is 0 Å². The van der Waals surface area contributed by atoms with Crippen LogP contribution in [0, 0.1) is 5.92 Å². The molecule has 0 aromatic carbocycles. The Morgan fingerprint density at radius 3 is 2.94 bits per heavy atom. The van der Waals surface area contributed by atoms with Gasteiger partial charge in [-0.3, -0.25) is 0 Å². The molecule has 2 saturated heterocycles. The monoisotopic (exact) mass is 241 g/mol. The Bertz CT molecular complexity index is 201. The predicted octanol–water partition coefficient (Wildman–Crippen LogP) is 0.296. The minimum absolute atomic E-state index is 0.474. The van der Waals surface area contributed by atoms with Crippen molar-refractivity contribution in [3.05, 3.63) is 0 Å². The Kier molecular flexibility index (Phi) is 5.71. The number of rotatable bonds is 6. The number of ether oxygens (including phenoxy) is 1. The molecule has 0 saturated carbocycles. The van der Waals surface area contributed by atoms with Gasteiger partial charge in [-0.2, -0.15) is 0 Å². The van der Waals surface area contributed by atoms with E-state index in [1.807, 2.05) is 0 Å². The van der Waals surface area contributed by atoms with Crippen LogP contribution >= 0.6 is 0 Å². The fraction of sp³-hybridized carbons (Fsp3) is 1.00. The van der Waals surface area contributed by atoms with Crippen molar-refractivity contribution in [2.24, 2.45) is 5.92 Å². The maximum Gasteiger partial charge on any atom is 0.0700 e. The fourth-order valence-corrected chi connectivity index (χ4v) is 2.70. The summed E-state index contributed by atoms with van der Waals surface area (Å²) in [7, 11) is 0.